The minimum Gasteiger partial charge on any atom is -0.224 e. The highest BCUT2D eigenvalue weighted by Crippen LogP contribution is 2.35. The van der Waals surface area contributed by atoms with Crippen molar-refractivity contribution in [3.8, 4) is 0 Å². The van der Waals surface area contributed by atoms with Gasteiger partial charge in [0, 0.05) is 11.8 Å². The minimum absolute atomic E-state index is 0.207. The van der Waals surface area contributed by atoms with Crippen molar-refractivity contribution >= 4 is 43.5 Å². The first kappa shape index (κ1) is 16.2. The van der Waals surface area contributed by atoms with E-state index >= 15 is 0 Å². The van der Waals surface area contributed by atoms with Gasteiger partial charge in [-0.1, -0.05) is 50.3 Å². The first-order valence-electron chi connectivity index (χ1n) is 7.66. The van der Waals surface area contributed by atoms with Gasteiger partial charge in [-0.2, -0.15) is 0 Å². The molecule has 1 heterocycles. The summed E-state index contributed by atoms with van der Waals surface area (Å²) in [4.78, 5) is 4.32. The molecular weight excluding hydrogens is 336 g/mol. The van der Waals surface area contributed by atoms with E-state index in [1.807, 2.05) is 31.2 Å². The summed E-state index contributed by atoms with van der Waals surface area (Å²) in [5.41, 5.74) is 0.754. The Hall–Kier alpha value is -0.630. The highest BCUT2D eigenvalue weighted by Gasteiger charge is 2.30. The van der Waals surface area contributed by atoms with E-state index in [-0.39, 0.29) is 4.34 Å². The Morgan fingerprint density at radius 1 is 1.27 bits per heavy atom. The largest absolute Gasteiger partial charge is 0.279 e. The summed E-state index contributed by atoms with van der Waals surface area (Å²) in [7, 11) is -3.51. The summed E-state index contributed by atoms with van der Waals surface area (Å²) in [6, 6.07) is 7.56. The molecule has 1 aromatic heterocycles. The molecule has 22 heavy (non-hydrogen) atoms. The van der Waals surface area contributed by atoms with Crippen LogP contribution < -0.4 is 0 Å². The van der Waals surface area contributed by atoms with Gasteiger partial charge in [-0.25, -0.2) is 13.4 Å². The number of benzene rings is 1. The van der Waals surface area contributed by atoms with Gasteiger partial charge in [-0.15, -0.1) is 15.0 Å². The molecule has 2 aromatic rings. The zero-order chi connectivity index (χ0) is 15.6. The molecule has 1 saturated carbocycles. The predicted octanol–water partition coefficient (Wildman–Crippen LogP) is 4.29. The highest BCUT2D eigenvalue weighted by atomic mass is 32.3. The Morgan fingerprint density at radius 3 is 2.68 bits per heavy atom. The normalized spacial score (nSPS) is 17.4. The maximum atomic E-state index is 12.9. The van der Waals surface area contributed by atoms with Crippen LogP contribution in [0.3, 0.4) is 0 Å². The Labute approximate surface area is 140 Å². The molecule has 1 aromatic carbocycles. The molecule has 0 unspecified atom stereocenters. The molecule has 0 spiro atoms. The number of para-hydroxylation sites is 1. The van der Waals surface area contributed by atoms with Crippen molar-refractivity contribution in [1.82, 2.24) is 8.69 Å². The van der Waals surface area contributed by atoms with Gasteiger partial charge in [0.05, 0.1) is 10.2 Å². The quantitative estimate of drug-likeness (QED) is 0.750. The van der Waals surface area contributed by atoms with E-state index < -0.39 is 10.0 Å². The van der Waals surface area contributed by atoms with E-state index in [2.05, 4.69) is 4.98 Å². The molecule has 0 bridgehead atoms. The van der Waals surface area contributed by atoms with Crippen LogP contribution in [0.15, 0.2) is 28.6 Å². The van der Waals surface area contributed by atoms with E-state index in [1.54, 1.807) is 0 Å². The fourth-order valence-corrected chi connectivity index (χ4v) is 7.27. The fraction of sp³-hybridized carbons (Fsp3) is 0.533. The van der Waals surface area contributed by atoms with Crippen LogP contribution in [0.4, 0.5) is 0 Å². The topological polar surface area (TPSA) is 50.3 Å². The smallest absolute Gasteiger partial charge is 0.224 e. The molecule has 0 atom stereocenters. The SMILES string of the molecule is CCN(SC1CCCCC1)S(=O)(=O)c1nc2ccccc2s1. The summed E-state index contributed by atoms with van der Waals surface area (Å²) in [6.07, 6.45) is 5.90. The van der Waals surface area contributed by atoms with Crippen LogP contribution in [-0.4, -0.2) is 28.9 Å². The average molecular weight is 357 g/mol. The molecule has 0 radical (unpaired) electrons. The van der Waals surface area contributed by atoms with Gasteiger partial charge < -0.3 is 0 Å². The van der Waals surface area contributed by atoms with Crippen molar-refractivity contribution in [2.75, 3.05) is 6.54 Å². The zero-order valence-electron chi connectivity index (χ0n) is 12.6. The van der Waals surface area contributed by atoms with Crippen LogP contribution in [0.1, 0.15) is 39.0 Å². The van der Waals surface area contributed by atoms with Crippen LogP contribution >= 0.6 is 23.3 Å². The summed E-state index contributed by atoms with van der Waals surface area (Å²) < 4.78 is 28.4. The van der Waals surface area contributed by atoms with Gasteiger partial charge >= 0.3 is 0 Å². The van der Waals surface area contributed by atoms with E-state index in [0.29, 0.717) is 11.8 Å². The van der Waals surface area contributed by atoms with Gasteiger partial charge in [0.1, 0.15) is 0 Å². The number of nitrogens with zero attached hydrogens (tertiary/aromatic N) is 2. The lowest BCUT2D eigenvalue weighted by atomic mass is 10.0. The number of fused-ring (bicyclic) bond motifs is 1. The second kappa shape index (κ2) is 6.86. The summed E-state index contributed by atoms with van der Waals surface area (Å²) in [5, 5.41) is 0.415. The van der Waals surface area contributed by atoms with E-state index in [0.717, 1.165) is 23.1 Å². The van der Waals surface area contributed by atoms with Crippen molar-refractivity contribution in [2.24, 2.45) is 0 Å². The number of hydrogen-bond acceptors (Lipinski definition) is 5. The number of rotatable bonds is 5. The second-order valence-corrected chi connectivity index (χ2v) is 10.1. The Kier molecular flexibility index (Phi) is 5.07. The third kappa shape index (κ3) is 3.32. The molecule has 0 N–H and O–H groups in total. The molecule has 1 aliphatic rings. The molecule has 1 fully saturated rings. The van der Waals surface area contributed by atoms with Gasteiger partial charge in [-0.3, -0.25) is 0 Å². The van der Waals surface area contributed by atoms with Crippen molar-refractivity contribution < 1.29 is 8.42 Å². The average Bonchev–Trinajstić information content (AvgIpc) is 2.98. The van der Waals surface area contributed by atoms with Crippen molar-refractivity contribution in [3.05, 3.63) is 24.3 Å². The highest BCUT2D eigenvalue weighted by molar-refractivity contribution is 8.09. The molecule has 0 amide bonds. The molecular formula is C15H20N2O2S3. The summed E-state index contributed by atoms with van der Waals surface area (Å²) in [5.74, 6) is 0. The van der Waals surface area contributed by atoms with Crippen molar-refractivity contribution in [2.45, 2.75) is 48.6 Å². The van der Waals surface area contributed by atoms with E-state index in [4.69, 9.17) is 0 Å². The molecule has 3 rings (SSSR count). The number of hydrogen-bond donors (Lipinski definition) is 0. The zero-order valence-corrected chi connectivity index (χ0v) is 15.0. The van der Waals surface area contributed by atoms with Gasteiger partial charge in [0.15, 0.2) is 0 Å². The lowest BCUT2D eigenvalue weighted by Crippen LogP contribution is -2.28. The van der Waals surface area contributed by atoms with Crippen LogP contribution in [-0.2, 0) is 10.0 Å². The molecule has 4 nitrogen and oxygen atoms in total. The first-order chi connectivity index (χ1) is 10.6. The predicted molar refractivity (Wildman–Crippen MR) is 93.6 cm³/mol. The maximum Gasteiger partial charge on any atom is 0.279 e. The summed E-state index contributed by atoms with van der Waals surface area (Å²) >= 11 is 2.75. The van der Waals surface area contributed by atoms with Crippen molar-refractivity contribution in [3.63, 3.8) is 0 Å². The van der Waals surface area contributed by atoms with Crippen LogP contribution in [0, 0.1) is 0 Å². The lowest BCUT2D eigenvalue weighted by molar-refractivity contribution is 0.505. The first-order valence-corrected chi connectivity index (χ1v) is 10.8. The maximum absolute atomic E-state index is 12.9. The standard InChI is InChI=1S/C15H20N2O2S3/c1-2-17(21-12-8-4-3-5-9-12)22(18,19)15-16-13-10-6-7-11-14(13)20-15/h6-7,10-12H,2-5,8-9H2,1H3. The summed E-state index contributed by atoms with van der Waals surface area (Å²) in [6.45, 7) is 2.36. The molecule has 1 aliphatic carbocycles. The van der Waals surface area contributed by atoms with Crippen LogP contribution in [0.25, 0.3) is 10.2 Å². The van der Waals surface area contributed by atoms with Crippen LogP contribution in [0.5, 0.6) is 0 Å². The number of aromatic nitrogens is 1. The Morgan fingerprint density at radius 2 is 2.00 bits per heavy atom. The molecule has 0 saturated heterocycles. The molecule has 120 valence electrons. The van der Waals surface area contributed by atoms with E-state index in [9.17, 15) is 8.42 Å². The number of sulfonamides is 1. The van der Waals surface area contributed by atoms with Crippen molar-refractivity contribution in [1.29, 1.82) is 0 Å². The third-order valence-corrected chi connectivity index (χ3v) is 8.99. The third-order valence-electron chi connectivity index (χ3n) is 3.84. The minimum atomic E-state index is -3.51. The monoisotopic (exact) mass is 356 g/mol. The molecule has 0 aliphatic heterocycles. The van der Waals surface area contributed by atoms with Gasteiger partial charge in [0.25, 0.3) is 10.0 Å². The van der Waals surface area contributed by atoms with Gasteiger partial charge in [0.2, 0.25) is 4.34 Å². The van der Waals surface area contributed by atoms with E-state index in [1.165, 1.54) is 46.3 Å². The lowest BCUT2D eigenvalue weighted by Gasteiger charge is -2.26. The fourth-order valence-electron chi connectivity index (χ4n) is 2.69. The Bertz CT molecular complexity index is 703. The Balaban J connectivity index is 1.85. The van der Waals surface area contributed by atoms with Crippen LogP contribution in [0.2, 0.25) is 0 Å². The second-order valence-electron chi connectivity index (χ2n) is 5.44. The molecule has 7 heteroatoms. The number of thiazole rings is 1. The van der Waals surface area contributed by atoms with Gasteiger partial charge in [-0.05, 0) is 25.0 Å².